The fourth-order valence-corrected chi connectivity index (χ4v) is 14.5. The predicted molar refractivity (Wildman–Crippen MR) is 438 cm³/mol. The maximum Gasteiger partial charge on any atom is 0.126 e. The molecule has 108 heavy (non-hydrogen) atoms. The minimum absolute atomic E-state index is 0.509. The SMILES string of the molecule is CCCOc1c2cccc1Cc1cc3cc(c1OCCC)Cc1cccc(c1OCCC)Cc1cc(cc(c1OCCC)C2)N=Cc1cccc(n1)C=Nc1cc2c(OCCC)c(c1)Cc1cccc(c1OCCC)Cc1cc(cc(c1OCCC)Cc1cccc(c1OCCC)C2)N=Cc1cccc(n1)C=N3. The molecule has 0 unspecified atom stereocenters. The molecule has 0 spiro atoms. The maximum absolute atomic E-state index is 6.98. The zero-order chi connectivity index (χ0) is 74.6. The van der Waals surface area contributed by atoms with E-state index in [1.807, 2.05) is 61.3 Å². The fourth-order valence-electron chi connectivity index (χ4n) is 14.5. The van der Waals surface area contributed by atoms with Gasteiger partial charge in [-0.25, -0.2) is 9.97 Å². The summed E-state index contributed by atoms with van der Waals surface area (Å²) in [4.78, 5) is 31.7. The molecule has 0 radical (unpaired) electrons. The Labute approximate surface area is 638 Å². The number of benzene rings is 8. The topological polar surface area (TPSA) is 149 Å². The summed E-state index contributed by atoms with van der Waals surface area (Å²) < 4.78 is 55.7. The van der Waals surface area contributed by atoms with Crippen LogP contribution in [-0.4, -0.2) is 87.7 Å². The average molecular weight is 1440 g/mol. The van der Waals surface area contributed by atoms with E-state index < -0.39 is 0 Å². The van der Waals surface area contributed by atoms with Crippen molar-refractivity contribution in [2.45, 2.75) is 158 Å². The second-order valence-electron chi connectivity index (χ2n) is 28.2. The van der Waals surface area contributed by atoms with Crippen molar-refractivity contribution in [1.29, 1.82) is 0 Å². The summed E-state index contributed by atoms with van der Waals surface area (Å²) in [6.45, 7) is 21.5. The van der Waals surface area contributed by atoms with Gasteiger partial charge in [-0.15, -0.1) is 0 Å². The molecule has 556 valence electrons. The van der Waals surface area contributed by atoms with E-state index in [4.69, 9.17) is 67.8 Å². The van der Waals surface area contributed by atoms with E-state index in [2.05, 4.69) is 177 Å². The monoisotopic (exact) mass is 1440 g/mol. The number of aliphatic imine (C=N–C) groups is 4. The number of hydrogen-bond acceptors (Lipinski definition) is 14. The van der Waals surface area contributed by atoms with Crippen LogP contribution in [0.4, 0.5) is 22.7 Å². The van der Waals surface area contributed by atoms with Crippen LogP contribution in [0, 0.1) is 0 Å². The van der Waals surface area contributed by atoms with Crippen LogP contribution in [0.5, 0.6) is 46.0 Å². The quantitative estimate of drug-likeness (QED) is 0.0572. The first kappa shape index (κ1) is 75.4. The van der Waals surface area contributed by atoms with E-state index in [0.717, 1.165) is 209 Å². The van der Waals surface area contributed by atoms with Gasteiger partial charge in [0.25, 0.3) is 0 Å². The van der Waals surface area contributed by atoms with Gasteiger partial charge in [-0.2, -0.15) is 0 Å². The molecule has 0 N–H and O–H groups in total. The van der Waals surface area contributed by atoms with Crippen LogP contribution in [0.3, 0.4) is 0 Å². The first-order valence-electron chi connectivity index (χ1n) is 39.3. The van der Waals surface area contributed by atoms with Gasteiger partial charge in [0, 0.05) is 95.9 Å². The second-order valence-corrected chi connectivity index (χ2v) is 28.2. The Hall–Kier alpha value is -10.9. The summed E-state index contributed by atoms with van der Waals surface area (Å²) in [6, 6.07) is 55.5. The van der Waals surface area contributed by atoms with Gasteiger partial charge in [0.2, 0.25) is 0 Å². The van der Waals surface area contributed by atoms with Crippen LogP contribution >= 0.6 is 0 Å². The van der Waals surface area contributed by atoms with Crippen molar-refractivity contribution in [3.05, 3.63) is 270 Å². The highest BCUT2D eigenvalue weighted by Crippen LogP contribution is 2.45. The second kappa shape index (κ2) is 37.1. The maximum atomic E-state index is 6.98. The Morgan fingerprint density at radius 1 is 0.204 bits per heavy atom. The molecule has 14 nitrogen and oxygen atoms in total. The molecular weight excluding hydrogens is 1340 g/mol. The van der Waals surface area contributed by atoms with E-state index >= 15 is 0 Å². The minimum atomic E-state index is 0.509. The van der Waals surface area contributed by atoms with Gasteiger partial charge in [-0.05, 0) is 169 Å². The van der Waals surface area contributed by atoms with Crippen LogP contribution in [0.2, 0.25) is 0 Å². The lowest BCUT2D eigenvalue weighted by atomic mass is 9.90. The molecule has 0 fully saturated rings. The summed E-state index contributed by atoms with van der Waals surface area (Å²) in [5, 5.41) is 0. The summed E-state index contributed by atoms with van der Waals surface area (Å²) in [6.07, 6.45) is 18.1. The third-order valence-corrected chi connectivity index (χ3v) is 19.2. The highest BCUT2D eigenvalue weighted by Gasteiger charge is 2.27. The Bertz CT molecular complexity index is 4140. The standard InChI is InChI=1S/C94H102N6O8/c1-9-35-101-87-63-23-17-24-64(87)44-72-52-84-54-74(92(72)106-40-14-6)46-66-26-18-25-65(88(66)102-36-10-2)45-73-53-83(51-71(43-63)91(73)105-39-13-5)95-59-79-31-21-33-81(99-79)61-97-85-55-75-47-67-27-19-28-68(89(67)103-37-11-3)48-76-56-86(98-62-82-34-22-32-80(100-82)60-96-84)58-78(94(76)108-42-16-8)50-70-30-20-29-69(90(70)104-38-12-4)49-77(57-85)93(75)107-41-15-7/h17-34,51-62H,9-16,35-50H2,1-8H3. The van der Waals surface area contributed by atoms with Crippen molar-refractivity contribution in [2.24, 2.45) is 20.0 Å². The number of hydrogen-bond donors (Lipinski definition) is 0. The lowest BCUT2D eigenvalue weighted by Crippen LogP contribution is -2.10. The van der Waals surface area contributed by atoms with Crippen molar-refractivity contribution in [3.63, 3.8) is 0 Å². The highest BCUT2D eigenvalue weighted by molar-refractivity contribution is 5.86. The molecule has 10 aromatic rings. The summed E-state index contributed by atoms with van der Waals surface area (Å²) in [5.41, 5.74) is 22.1. The van der Waals surface area contributed by atoms with E-state index in [-0.39, 0.29) is 0 Å². The fraction of sp³-hybridized carbons (Fsp3) is 0.340. The van der Waals surface area contributed by atoms with E-state index in [1.54, 1.807) is 0 Å². The van der Waals surface area contributed by atoms with Gasteiger partial charge in [0.1, 0.15) is 46.0 Å². The van der Waals surface area contributed by atoms with E-state index in [9.17, 15) is 0 Å². The smallest absolute Gasteiger partial charge is 0.126 e. The molecule has 2 aromatic heterocycles. The molecule has 4 heterocycles. The molecule has 8 aromatic carbocycles. The van der Waals surface area contributed by atoms with Crippen LogP contribution < -0.4 is 37.9 Å². The van der Waals surface area contributed by atoms with Crippen molar-refractivity contribution < 1.29 is 37.9 Å². The van der Waals surface area contributed by atoms with Crippen LogP contribution in [-0.2, 0) is 51.4 Å². The Kier molecular flexibility index (Phi) is 25.9. The normalized spacial score (nSPS) is 13.0. The molecule has 24 bridgehead atoms. The molecule has 0 amide bonds. The van der Waals surface area contributed by atoms with Crippen molar-refractivity contribution >= 4 is 47.6 Å². The summed E-state index contributed by atoms with van der Waals surface area (Å²) in [7, 11) is 0. The van der Waals surface area contributed by atoms with Crippen LogP contribution in [0.15, 0.2) is 178 Å². The molecule has 0 saturated heterocycles. The lowest BCUT2D eigenvalue weighted by Gasteiger charge is -2.23. The molecular formula is C94H102N6O8. The minimum Gasteiger partial charge on any atom is -0.493 e. The molecule has 2 aliphatic heterocycles. The van der Waals surface area contributed by atoms with Crippen LogP contribution in [0.1, 0.15) is 219 Å². The van der Waals surface area contributed by atoms with E-state index in [0.29, 0.717) is 127 Å². The van der Waals surface area contributed by atoms with Crippen LogP contribution in [0.25, 0.3) is 0 Å². The first-order valence-corrected chi connectivity index (χ1v) is 39.3. The van der Waals surface area contributed by atoms with Gasteiger partial charge in [0.15, 0.2) is 0 Å². The lowest BCUT2D eigenvalue weighted by molar-refractivity contribution is 0.304. The van der Waals surface area contributed by atoms with E-state index in [1.165, 1.54) is 0 Å². The molecule has 4 aliphatic rings. The zero-order valence-corrected chi connectivity index (χ0v) is 64.2. The Morgan fingerprint density at radius 2 is 0.352 bits per heavy atom. The third-order valence-electron chi connectivity index (χ3n) is 19.2. The summed E-state index contributed by atoms with van der Waals surface area (Å²) in [5.74, 6) is 6.74. The number of ether oxygens (including phenoxy) is 8. The number of aromatic nitrogens is 2. The van der Waals surface area contributed by atoms with Gasteiger partial charge in [-0.3, -0.25) is 20.0 Å². The summed E-state index contributed by atoms with van der Waals surface area (Å²) >= 11 is 0. The average Bonchev–Trinajstić information content (AvgIpc) is 0.784. The van der Waals surface area contributed by atoms with Gasteiger partial charge < -0.3 is 37.9 Å². The van der Waals surface area contributed by atoms with Crippen molar-refractivity contribution in [3.8, 4) is 46.0 Å². The Morgan fingerprint density at radius 3 is 0.509 bits per heavy atom. The molecule has 0 saturated carbocycles. The molecule has 14 rings (SSSR count). The number of rotatable bonds is 24. The van der Waals surface area contributed by atoms with Gasteiger partial charge in [0.05, 0.1) is 123 Å². The Balaban J connectivity index is 1.06. The number of nitrogens with zero attached hydrogens (tertiary/aromatic N) is 6. The highest BCUT2D eigenvalue weighted by atomic mass is 16.5. The number of pyridine rings is 2. The first-order chi connectivity index (χ1) is 53.1. The molecule has 0 atom stereocenters. The number of para-hydroxylation sites is 4. The van der Waals surface area contributed by atoms with Gasteiger partial charge in [-0.1, -0.05) is 140 Å². The molecule has 14 heteroatoms. The molecule has 2 aliphatic carbocycles. The van der Waals surface area contributed by atoms with Gasteiger partial charge >= 0.3 is 0 Å². The zero-order valence-electron chi connectivity index (χ0n) is 64.2. The van der Waals surface area contributed by atoms with Crippen molar-refractivity contribution in [2.75, 3.05) is 52.9 Å². The third kappa shape index (κ3) is 18.6. The van der Waals surface area contributed by atoms with Crippen molar-refractivity contribution in [1.82, 2.24) is 9.97 Å². The largest absolute Gasteiger partial charge is 0.493 e. The predicted octanol–water partition coefficient (Wildman–Crippen LogP) is 21.5.